The molecule has 0 aromatic heterocycles. The summed E-state index contributed by atoms with van der Waals surface area (Å²) in [5.41, 5.74) is 0. The Labute approximate surface area is 139 Å². The van der Waals surface area contributed by atoms with Gasteiger partial charge in [0, 0.05) is 12.2 Å². The van der Waals surface area contributed by atoms with E-state index in [9.17, 15) is 4.79 Å². The molecule has 0 unspecified atom stereocenters. The Bertz CT molecular complexity index is 352. The van der Waals surface area contributed by atoms with Gasteiger partial charge in [0.15, 0.2) is 0 Å². The second-order valence-corrected chi connectivity index (χ2v) is 6.92. The summed E-state index contributed by atoms with van der Waals surface area (Å²) in [7, 11) is 0. The minimum absolute atomic E-state index is 0.266. The summed E-state index contributed by atoms with van der Waals surface area (Å²) < 4.78 is 5.63. The van der Waals surface area contributed by atoms with Crippen LogP contribution < -0.4 is 0 Å². The van der Waals surface area contributed by atoms with Crippen molar-refractivity contribution < 1.29 is 14.6 Å². The van der Waals surface area contributed by atoms with Crippen molar-refractivity contribution in [3.05, 3.63) is 24.3 Å². The molecule has 0 bridgehead atoms. The first-order valence-corrected chi connectivity index (χ1v) is 9.56. The molecule has 0 amide bonds. The van der Waals surface area contributed by atoms with Gasteiger partial charge in [0.25, 0.3) is 0 Å². The molecule has 22 heavy (non-hydrogen) atoms. The number of thioether (sulfide) groups is 1. The highest BCUT2D eigenvalue weighted by molar-refractivity contribution is 7.99. The second-order valence-electron chi connectivity index (χ2n) is 5.85. The molecule has 0 aromatic rings. The zero-order valence-corrected chi connectivity index (χ0v) is 14.5. The van der Waals surface area contributed by atoms with Crippen molar-refractivity contribution in [1.29, 1.82) is 0 Å². The summed E-state index contributed by atoms with van der Waals surface area (Å²) in [5.74, 6) is 2.86. The Morgan fingerprint density at radius 1 is 1.18 bits per heavy atom. The molecule has 126 valence electrons. The van der Waals surface area contributed by atoms with Crippen molar-refractivity contribution in [2.75, 3.05) is 24.7 Å². The fraction of sp³-hybridized carbons (Fsp3) is 0.722. The standard InChI is InChI=1S/C18H30O3S/c1-2-3-4-9-12-22-15-17-14-21-13-16(17)10-7-5-6-8-11-18(19)20/h4-5,7,9,16-17H,2-3,6,8,10-15H2,1H3,(H,19,20)/b7-5-,9-4?/t16-,17-/m0/s1. The van der Waals surface area contributed by atoms with E-state index in [0.717, 1.165) is 38.2 Å². The van der Waals surface area contributed by atoms with E-state index in [4.69, 9.17) is 9.84 Å². The van der Waals surface area contributed by atoms with Gasteiger partial charge in [-0.05, 0) is 43.3 Å². The fourth-order valence-corrected chi connectivity index (χ4v) is 3.57. The minimum atomic E-state index is -0.706. The number of allylic oxidation sites excluding steroid dienone is 3. The Balaban J connectivity index is 2.12. The van der Waals surface area contributed by atoms with Gasteiger partial charge in [-0.1, -0.05) is 37.6 Å². The van der Waals surface area contributed by atoms with Crippen LogP contribution in [0.2, 0.25) is 0 Å². The summed E-state index contributed by atoms with van der Waals surface area (Å²) in [4.78, 5) is 10.4. The molecule has 1 fully saturated rings. The number of unbranched alkanes of at least 4 members (excludes halogenated alkanes) is 2. The van der Waals surface area contributed by atoms with Crippen LogP contribution in [0.25, 0.3) is 0 Å². The zero-order valence-electron chi connectivity index (χ0n) is 13.7. The smallest absolute Gasteiger partial charge is 0.303 e. The molecular weight excluding hydrogens is 296 g/mol. The quantitative estimate of drug-likeness (QED) is 0.422. The molecule has 1 heterocycles. The highest BCUT2D eigenvalue weighted by Gasteiger charge is 2.26. The molecule has 0 radical (unpaired) electrons. The highest BCUT2D eigenvalue weighted by Crippen LogP contribution is 2.27. The molecule has 1 aliphatic rings. The third-order valence-electron chi connectivity index (χ3n) is 3.87. The van der Waals surface area contributed by atoms with Crippen molar-refractivity contribution in [1.82, 2.24) is 0 Å². The third kappa shape index (κ3) is 9.31. The van der Waals surface area contributed by atoms with Gasteiger partial charge in [0.05, 0.1) is 13.2 Å². The van der Waals surface area contributed by atoms with Crippen LogP contribution in [0.5, 0.6) is 0 Å². The van der Waals surface area contributed by atoms with Gasteiger partial charge in [-0.15, -0.1) is 0 Å². The van der Waals surface area contributed by atoms with Crippen molar-refractivity contribution in [3.8, 4) is 0 Å². The lowest BCUT2D eigenvalue weighted by Crippen LogP contribution is -2.14. The first-order chi connectivity index (χ1) is 10.7. The van der Waals surface area contributed by atoms with Crippen molar-refractivity contribution in [2.24, 2.45) is 11.8 Å². The molecule has 0 saturated carbocycles. The van der Waals surface area contributed by atoms with E-state index >= 15 is 0 Å². The number of carbonyl (C=O) groups is 1. The predicted molar refractivity (Wildman–Crippen MR) is 94.4 cm³/mol. The fourth-order valence-electron chi connectivity index (χ4n) is 2.49. The average molecular weight is 327 g/mol. The molecule has 1 saturated heterocycles. The number of aliphatic carboxylic acids is 1. The van der Waals surface area contributed by atoms with E-state index in [1.807, 2.05) is 11.8 Å². The largest absolute Gasteiger partial charge is 0.481 e. The van der Waals surface area contributed by atoms with Crippen LogP contribution >= 0.6 is 11.8 Å². The maximum absolute atomic E-state index is 10.4. The maximum Gasteiger partial charge on any atom is 0.303 e. The Morgan fingerprint density at radius 3 is 2.73 bits per heavy atom. The topological polar surface area (TPSA) is 46.5 Å². The molecule has 2 atom stereocenters. The number of carboxylic acid groups (broad SMARTS) is 1. The molecule has 1 rings (SSSR count). The van der Waals surface area contributed by atoms with Gasteiger partial charge in [-0.25, -0.2) is 0 Å². The Kier molecular flexibility index (Phi) is 11.2. The summed E-state index contributed by atoms with van der Waals surface area (Å²) in [5, 5.41) is 8.58. The van der Waals surface area contributed by atoms with E-state index in [2.05, 4.69) is 31.2 Å². The molecule has 0 aliphatic carbocycles. The van der Waals surface area contributed by atoms with Crippen LogP contribution in [-0.4, -0.2) is 35.8 Å². The number of ether oxygens (including phenoxy) is 1. The van der Waals surface area contributed by atoms with Crippen molar-refractivity contribution >= 4 is 17.7 Å². The molecule has 1 N–H and O–H groups in total. The average Bonchev–Trinajstić information content (AvgIpc) is 2.93. The molecular formula is C18H30O3S. The summed E-state index contributed by atoms with van der Waals surface area (Å²) in [6.07, 6.45) is 14.2. The van der Waals surface area contributed by atoms with E-state index in [0.29, 0.717) is 11.8 Å². The van der Waals surface area contributed by atoms with Crippen LogP contribution in [0, 0.1) is 11.8 Å². The normalized spacial score (nSPS) is 22.0. The number of hydrogen-bond acceptors (Lipinski definition) is 3. The Morgan fingerprint density at radius 2 is 1.95 bits per heavy atom. The van der Waals surface area contributed by atoms with Crippen LogP contribution in [0.4, 0.5) is 0 Å². The van der Waals surface area contributed by atoms with Crippen LogP contribution in [0.1, 0.15) is 45.4 Å². The van der Waals surface area contributed by atoms with Gasteiger partial charge in [0.2, 0.25) is 0 Å². The van der Waals surface area contributed by atoms with E-state index in [-0.39, 0.29) is 6.42 Å². The van der Waals surface area contributed by atoms with Gasteiger partial charge in [-0.3, -0.25) is 4.79 Å². The molecule has 0 spiro atoms. The molecule has 4 heteroatoms. The van der Waals surface area contributed by atoms with E-state index in [1.54, 1.807) is 0 Å². The molecule has 0 aromatic carbocycles. The number of hydrogen-bond donors (Lipinski definition) is 1. The predicted octanol–water partition coefficient (Wildman–Crippen LogP) is 4.54. The van der Waals surface area contributed by atoms with Crippen molar-refractivity contribution in [2.45, 2.75) is 45.4 Å². The lowest BCUT2D eigenvalue weighted by Gasteiger charge is -2.14. The molecule has 3 nitrogen and oxygen atoms in total. The third-order valence-corrected chi connectivity index (χ3v) is 4.96. The van der Waals surface area contributed by atoms with E-state index in [1.165, 1.54) is 18.6 Å². The monoisotopic (exact) mass is 326 g/mol. The number of carboxylic acids is 1. The highest BCUT2D eigenvalue weighted by atomic mass is 32.2. The van der Waals surface area contributed by atoms with Gasteiger partial charge in [-0.2, -0.15) is 11.8 Å². The summed E-state index contributed by atoms with van der Waals surface area (Å²) in [6.45, 7) is 3.96. The van der Waals surface area contributed by atoms with Crippen LogP contribution in [-0.2, 0) is 9.53 Å². The van der Waals surface area contributed by atoms with Crippen LogP contribution in [0.3, 0.4) is 0 Å². The minimum Gasteiger partial charge on any atom is -0.481 e. The first kappa shape index (κ1) is 19.3. The lowest BCUT2D eigenvalue weighted by atomic mass is 9.94. The SMILES string of the molecule is CCCC=CCSC[C@@H]1COC[C@@H]1C/C=C\CCCC(=O)O. The van der Waals surface area contributed by atoms with E-state index < -0.39 is 5.97 Å². The van der Waals surface area contributed by atoms with Gasteiger partial charge < -0.3 is 9.84 Å². The number of rotatable bonds is 12. The van der Waals surface area contributed by atoms with Crippen LogP contribution in [0.15, 0.2) is 24.3 Å². The lowest BCUT2D eigenvalue weighted by molar-refractivity contribution is -0.137. The zero-order chi connectivity index (χ0) is 16.0. The first-order valence-electron chi connectivity index (χ1n) is 8.41. The second kappa shape index (κ2) is 12.8. The maximum atomic E-state index is 10.4. The van der Waals surface area contributed by atoms with Crippen molar-refractivity contribution in [3.63, 3.8) is 0 Å². The van der Waals surface area contributed by atoms with Gasteiger partial charge in [0.1, 0.15) is 0 Å². The summed E-state index contributed by atoms with van der Waals surface area (Å²) in [6, 6.07) is 0. The Hall–Kier alpha value is -0.740. The van der Waals surface area contributed by atoms with Gasteiger partial charge >= 0.3 is 5.97 Å². The molecule has 1 aliphatic heterocycles. The summed E-state index contributed by atoms with van der Waals surface area (Å²) >= 11 is 2.00.